The minimum atomic E-state index is 0.0568. The minimum absolute atomic E-state index is 0.0568. The zero-order chi connectivity index (χ0) is 14.4. The second kappa shape index (κ2) is 6.83. The molecule has 6 heteroatoms. The molecule has 1 heterocycles. The Bertz CT molecular complexity index is 547. The quantitative estimate of drug-likeness (QED) is 0.539. The van der Waals surface area contributed by atoms with Crippen molar-refractivity contribution in [3.05, 3.63) is 47.7 Å². The number of aliphatic hydroxyl groups excluding tert-OH is 1. The van der Waals surface area contributed by atoms with E-state index in [1.54, 1.807) is 0 Å². The second-order valence-electron chi connectivity index (χ2n) is 4.47. The number of nitrogen functional groups attached to an aromatic ring is 1. The van der Waals surface area contributed by atoms with Crippen LogP contribution in [0.15, 0.2) is 36.4 Å². The Balaban J connectivity index is 2.26. The molecule has 6 nitrogen and oxygen atoms in total. The number of aryl methyl sites for hydroxylation is 1. The molecule has 0 spiro atoms. The molecule has 0 unspecified atom stereocenters. The van der Waals surface area contributed by atoms with Gasteiger partial charge in [0, 0.05) is 24.8 Å². The molecule has 2 aromatic rings. The average Bonchev–Trinajstić information content (AvgIpc) is 2.47. The molecule has 4 N–H and O–H groups in total. The highest BCUT2D eigenvalue weighted by Crippen LogP contribution is 2.17. The molecule has 20 heavy (non-hydrogen) atoms. The van der Waals surface area contributed by atoms with Crippen LogP contribution in [0.5, 0.6) is 0 Å². The molecule has 0 fully saturated rings. The first-order valence-corrected chi connectivity index (χ1v) is 6.45. The third-order valence-electron chi connectivity index (χ3n) is 2.88. The third-order valence-corrected chi connectivity index (χ3v) is 2.88. The third kappa shape index (κ3) is 3.66. The van der Waals surface area contributed by atoms with Crippen molar-refractivity contribution in [3.8, 4) is 0 Å². The van der Waals surface area contributed by atoms with Gasteiger partial charge in [0.15, 0.2) is 0 Å². The largest absolute Gasteiger partial charge is 0.395 e. The summed E-state index contributed by atoms with van der Waals surface area (Å²) < 4.78 is 0. The molecule has 0 atom stereocenters. The van der Waals surface area contributed by atoms with Crippen LogP contribution in [0.4, 0.5) is 11.8 Å². The van der Waals surface area contributed by atoms with E-state index < -0.39 is 0 Å². The minimum Gasteiger partial charge on any atom is -0.395 e. The van der Waals surface area contributed by atoms with Gasteiger partial charge in [-0.1, -0.05) is 30.3 Å². The fourth-order valence-electron chi connectivity index (χ4n) is 1.98. The molecule has 0 aliphatic carbocycles. The smallest absolute Gasteiger partial charge is 0.239 e. The van der Waals surface area contributed by atoms with Crippen LogP contribution in [0, 0.1) is 6.92 Å². The van der Waals surface area contributed by atoms with Crippen molar-refractivity contribution < 1.29 is 5.11 Å². The Morgan fingerprint density at radius 1 is 1.25 bits per heavy atom. The van der Waals surface area contributed by atoms with Gasteiger partial charge < -0.3 is 10.0 Å². The molecule has 0 saturated carbocycles. The molecule has 106 valence electrons. The standard InChI is InChI=1S/C14H19N5O/c1-11-9-13(17-14(16-11)18-15)19(7-8-20)10-12-5-3-2-4-6-12/h2-6,9,20H,7-8,10,15H2,1H3,(H,16,17,18). The van der Waals surface area contributed by atoms with E-state index in [1.807, 2.05) is 48.2 Å². The van der Waals surface area contributed by atoms with Crippen LogP contribution in [-0.2, 0) is 6.54 Å². The molecule has 2 rings (SSSR count). The van der Waals surface area contributed by atoms with E-state index in [4.69, 9.17) is 5.84 Å². The topological polar surface area (TPSA) is 87.3 Å². The summed E-state index contributed by atoms with van der Waals surface area (Å²) in [6.07, 6.45) is 0. The molecule has 1 aromatic heterocycles. The molecule has 0 amide bonds. The first-order valence-electron chi connectivity index (χ1n) is 6.45. The highest BCUT2D eigenvalue weighted by Gasteiger charge is 2.10. The molecule has 0 aliphatic rings. The van der Waals surface area contributed by atoms with Crippen molar-refractivity contribution in [2.24, 2.45) is 5.84 Å². The highest BCUT2D eigenvalue weighted by atomic mass is 16.3. The molecule has 1 aromatic carbocycles. The second-order valence-corrected chi connectivity index (χ2v) is 4.47. The van der Waals surface area contributed by atoms with Gasteiger partial charge in [-0.05, 0) is 12.5 Å². The van der Waals surface area contributed by atoms with Crippen molar-refractivity contribution in [1.29, 1.82) is 0 Å². The Morgan fingerprint density at radius 2 is 2.00 bits per heavy atom. The van der Waals surface area contributed by atoms with Crippen molar-refractivity contribution in [2.45, 2.75) is 13.5 Å². The number of benzene rings is 1. The average molecular weight is 273 g/mol. The first kappa shape index (κ1) is 14.2. The van der Waals surface area contributed by atoms with E-state index in [-0.39, 0.29) is 6.61 Å². The van der Waals surface area contributed by atoms with E-state index in [2.05, 4.69) is 15.4 Å². The van der Waals surface area contributed by atoms with Gasteiger partial charge in [-0.2, -0.15) is 4.98 Å². The summed E-state index contributed by atoms with van der Waals surface area (Å²) in [5.74, 6) is 6.48. The number of nitrogens with two attached hydrogens (primary N) is 1. The van der Waals surface area contributed by atoms with Gasteiger partial charge in [-0.15, -0.1) is 0 Å². The number of nitrogens with one attached hydrogen (secondary N) is 1. The van der Waals surface area contributed by atoms with Crippen LogP contribution in [0.3, 0.4) is 0 Å². The summed E-state index contributed by atoms with van der Waals surface area (Å²) in [4.78, 5) is 10.5. The van der Waals surface area contributed by atoms with Gasteiger partial charge >= 0.3 is 0 Å². The summed E-state index contributed by atoms with van der Waals surface area (Å²) in [6.45, 7) is 3.10. The summed E-state index contributed by atoms with van der Waals surface area (Å²) in [5, 5.41) is 9.25. The van der Waals surface area contributed by atoms with Crippen LogP contribution < -0.4 is 16.2 Å². The van der Waals surface area contributed by atoms with Gasteiger partial charge in [0.25, 0.3) is 0 Å². The summed E-state index contributed by atoms with van der Waals surface area (Å²) >= 11 is 0. The molecule has 0 bridgehead atoms. The Labute approximate surface area is 118 Å². The van der Waals surface area contributed by atoms with Gasteiger partial charge in [-0.25, -0.2) is 10.8 Å². The highest BCUT2D eigenvalue weighted by molar-refractivity contribution is 5.45. The predicted octanol–water partition coefficient (Wildman–Crippen LogP) is 1.07. The van der Waals surface area contributed by atoms with Gasteiger partial charge in [0.1, 0.15) is 5.82 Å². The van der Waals surface area contributed by atoms with E-state index in [0.29, 0.717) is 19.0 Å². The maximum absolute atomic E-state index is 9.25. The van der Waals surface area contributed by atoms with Gasteiger partial charge in [0.2, 0.25) is 5.95 Å². The summed E-state index contributed by atoms with van der Waals surface area (Å²) in [5.41, 5.74) is 4.43. The maximum Gasteiger partial charge on any atom is 0.239 e. The van der Waals surface area contributed by atoms with Crippen LogP contribution in [0.25, 0.3) is 0 Å². The number of hydrazine groups is 1. The fraction of sp³-hybridized carbons (Fsp3) is 0.286. The van der Waals surface area contributed by atoms with Gasteiger partial charge in [-0.3, -0.25) is 5.43 Å². The Morgan fingerprint density at radius 3 is 2.65 bits per heavy atom. The lowest BCUT2D eigenvalue weighted by atomic mass is 10.2. The number of nitrogens with zero attached hydrogens (tertiary/aromatic N) is 3. The molecular formula is C14H19N5O. The number of hydrogen-bond acceptors (Lipinski definition) is 6. The van der Waals surface area contributed by atoms with E-state index >= 15 is 0 Å². The normalized spacial score (nSPS) is 10.3. The number of hydrogen-bond donors (Lipinski definition) is 3. The van der Waals surface area contributed by atoms with Crippen LogP contribution in [0.2, 0.25) is 0 Å². The Kier molecular flexibility index (Phi) is 4.86. The number of rotatable bonds is 6. The SMILES string of the molecule is Cc1cc(N(CCO)Cc2ccccc2)nc(NN)n1. The monoisotopic (exact) mass is 273 g/mol. The van der Waals surface area contributed by atoms with Gasteiger partial charge in [0.05, 0.1) is 6.61 Å². The fourth-order valence-corrected chi connectivity index (χ4v) is 1.98. The molecule has 0 radical (unpaired) electrons. The predicted molar refractivity (Wildman–Crippen MR) is 79.2 cm³/mol. The van der Waals surface area contributed by atoms with Crippen molar-refractivity contribution >= 4 is 11.8 Å². The number of aromatic nitrogens is 2. The zero-order valence-electron chi connectivity index (χ0n) is 11.5. The Hall–Kier alpha value is -2.18. The van der Waals surface area contributed by atoms with Crippen molar-refractivity contribution in [2.75, 3.05) is 23.5 Å². The lowest BCUT2D eigenvalue weighted by molar-refractivity contribution is 0.301. The zero-order valence-corrected chi connectivity index (χ0v) is 11.5. The number of anilines is 2. The van der Waals surface area contributed by atoms with Crippen LogP contribution >= 0.6 is 0 Å². The molecular weight excluding hydrogens is 254 g/mol. The van der Waals surface area contributed by atoms with Crippen molar-refractivity contribution in [3.63, 3.8) is 0 Å². The van der Waals surface area contributed by atoms with E-state index in [0.717, 1.165) is 17.1 Å². The summed E-state index contributed by atoms with van der Waals surface area (Å²) in [7, 11) is 0. The number of aliphatic hydroxyl groups is 1. The summed E-state index contributed by atoms with van der Waals surface area (Å²) in [6, 6.07) is 11.9. The van der Waals surface area contributed by atoms with Crippen molar-refractivity contribution in [1.82, 2.24) is 9.97 Å². The van der Waals surface area contributed by atoms with Crippen LogP contribution in [-0.4, -0.2) is 28.2 Å². The lowest BCUT2D eigenvalue weighted by Crippen LogP contribution is -2.27. The van der Waals surface area contributed by atoms with E-state index in [9.17, 15) is 5.11 Å². The lowest BCUT2D eigenvalue weighted by Gasteiger charge is -2.23. The van der Waals surface area contributed by atoms with E-state index in [1.165, 1.54) is 0 Å². The maximum atomic E-state index is 9.25. The first-order chi connectivity index (χ1) is 9.72. The molecule has 0 saturated heterocycles. The molecule has 0 aliphatic heterocycles. The van der Waals surface area contributed by atoms with Crippen LogP contribution in [0.1, 0.15) is 11.3 Å².